The third-order valence-corrected chi connectivity index (χ3v) is 5.54. The SMILES string of the molecule is Clc1cc2cn(-c3ccccc3/C=C/c3n[nH]c4ccccc34)cc2cc1Cl. The summed E-state index contributed by atoms with van der Waals surface area (Å²) in [6.07, 6.45) is 8.25. The van der Waals surface area contributed by atoms with Crippen LogP contribution in [-0.4, -0.2) is 14.8 Å². The van der Waals surface area contributed by atoms with E-state index in [2.05, 4.69) is 51.4 Å². The molecule has 0 aliphatic rings. The Kier molecular flexibility index (Phi) is 4.19. The van der Waals surface area contributed by atoms with Gasteiger partial charge < -0.3 is 4.57 Å². The lowest BCUT2D eigenvalue weighted by Crippen LogP contribution is -1.92. The topological polar surface area (TPSA) is 33.6 Å². The molecule has 0 atom stereocenters. The molecular weight excluding hydrogens is 389 g/mol. The van der Waals surface area contributed by atoms with E-state index < -0.39 is 0 Å². The maximum absolute atomic E-state index is 6.17. The molecule has 2 heterocycles. The van der Waals surface area contributed by atoms with E-state index in [0.29, 0.717) is 10.0 Å². The highest BCUT2D eigenvalue weighted by molar-refractivity contribution is 6.42. The third kappa shape index (κ3) is 2.99. The molecule has 5 heteroatoms. The van der Waals surface area contributed by atoms with E-state index in [0.717, 1.165) is 38.6 Å². The molecule has 0 amide bonds. The minimum absolute atomic E-state index is 0.561. The highest BCUT2D eigenvalue weighted by Gasteiger charge is 2.08. The van der Waals surface area contributed by atoms with E-state index in [-0.39, 0.29) is 0 Å². The van der Waals surface area contributed by atoms with E-state index in [1.54, 1.807) is 0 Å². The standard InChI is InChI=1S/C23H15Cl2N3/c24-19-11-16-13-28(14-17(16)12-20(19)25)23-8-4-1-5-15(23)9-10-22-18-6-2-3-7-21(18)26-27-22/h1-14H,(H,26,27)/b10-9+. The van der Waals surface area contributed by atoms with Crippen LogP contribution in [-0.2, 0) is 0 Å². The first-order valence-corrected chi connectivity index (χ1v) is 9.62. The van der Waals surface area contributed by atoms with E-state index in [1.807, 2.05) is 48.5 Å². The molecule has 0 fully saturated rings. The molecule has 0 saturated heterocycles. The summed E-state index contributed by atoms with van der Waals surface area (Å²) in [4.78, 5) is 0. The van der Waals surface area contributed by atoms with E-state index in [4.69, 9.17) is 23.2 Å². The summed E-state index contributed by atoms with van der Waals surface area (Å²) in [6, 6.07) is 20.1. The first-order chi connectivity index (χ1) is 13.7. The molecule has 5 aromatic rings. The average molecular weight is 404 g/mol. The lowest BCUT2D eigenvalue weighted by atomic mass is 10.1. The zero-order valence-corrected chi connectivity index (χ0v) is 16.2. The van der Waals surface area contributed by atoms with Crippen LogP contribution in [0.2, 0.25) is 10.0 Å². The van der Waals surface area contributed by atoms with Gasteiger partial charge in [0.15, 0.2) is 0 Å². The molecular formula is C23H15Cl2N3. The molecule has 2 aromatic heterocycles. The van der Waals surface area contributed by atoms with E-state index in [9.17, 15) is 0 Å². The number of nitrogens with zero attached hydrogens (tertiary/aromatic N) is 2. The Bertz CT molecular complexity index is 1310. The molecule has 0 radical (unpaired) electrons. The lowest BCUT2D eigenvalue weighted by Gasteiger charge is -2.07. The molecule has 0 saturated carbocycles. The van der Waals surface area contributed by atoms with Gasteiger partial charge in [-0.25, -0.2) is 0 Å². The van der Waals surface area contributed by atoms with Gasteiger partial charge in [-0.2, -0.15) is 5.10 Å². The van der Waals surface area contributed by atoms with Crippen molar-refractivity contribution in [3.05, 3.63) is 94.4 Å². The van der Waals surface area contributed by atoms with Gasteiger partial charge in [0.2, 0.25) is 0 Å². The first-order valence-electron chi connectivity index (χ1n) is 8.86. The van der Waals surface area contributed by atoms with Crippen LogP contribution in [0.4, 0.5) is 0 Å². The van der Waals surface area contributed by atoms with Gasteiger partial charge in [0.05, 0.1) is 26.9 Å². The quantitative estimate of drug-likeness (QED) is 0.346. The Morgan fingerprint density at radius 3 is 2.29 bits per heavy atom. The van der Waals surface area contributed by atoms with Crippen molar-refractivity contribution in [3.8, 4) is 5.69 Å². The Morgan fingerprint density at radius 2 is 1.50 bits per heavy atom. The summed E-state index contributed by atoms with van der Waals surface area (Å²) in [7, 11) is 0. The second-order valence-corrected chi connectivity index (χ2v) is 7.42. The maximum Gasteiger partial charge on any atom is 0.0927 e. The fourth-order valence-corrected chi connectivity index (χ4v) is 3.77. The average Bonchev–Trinajstić information content (AvgIpc) is 3.31. The first kappa shape index (κ1) is 17.1. The van der Waals surface area contributed by atoms with Gasteiger partial charge in [0.25, 0.3) is 0 Å². The molecule has 0 aliphatic heterocycles. The van der Waals surface area contributed by atoms with Crippen LogP contribution in [0.1, 0.15) is 11.3 Å². The van der Waals surface area contributed by atoms with Crippen LogP contribution in [0.25, 0.3) is 39.5 Å². The molecule has 3 aromatic carbocycles. The highest BCUT2D eigenvalue weighted by Crippen LogP contribution is 2.30. The molecule has 136 valence electrons. The van der Waals surface area contributed by atoms with Gasteiger partial charge in [-0.1, -0.05) is 65.7 Å². The minimum atomic E-state index is 0.561. The molecule has 0 spiro atoms. The fourth-order valence-electron chi connectivity index (χ4n) is 3.42. The monoisotopic (exact) mass is 403 g/mol. The van der Waals surface area contributed by atoms with Gasteiger partial charge in [0.1, 0.15) is 0 Å². The number of hydrogen-bond donors (Lipinski definition) is 1. The van der Waals surface area contributed by atoms with Crippen LogP contribution < -0.4 is 0 Å². The Labute approximate surface area is 171 Å². The minimum Gasteiger partial charge on any atom is -0.322 e. The largest absolute Gasteiger partial charge is 0.322 e. The zero-order chi connectivity index (χ0) is 19.1. The number of H-pyrrole nitrogens is 1. The molecule has 0 unspecified atom stereocenters. The Hall–Kier alpha value is -3.01. The number of aromatic amines is 1. The van der Waals surface area contributed by atoms with Crippen molar-refractivity contribution in [1.82, 2.24) is 14.8 Å². The second kappa shape index (κ2) is 6.86. The Balaban J connectivity index is 1.58. The number of para-hydroxylation sites is 2. The maximum atomic E-state index is 6.17. The lowest BCUT2D eigenvalue weighted by molar-refractivity contribution is 1.08. The van der Waals surface area contributed by atoms with Crippen LogP contribution in [0.3, 0.4) is 0 Å². The van der Waals surface area contributed by atoms with Gasteiger partial charge in [-0.3, -0.25) is 5.10 Å². The summed E-state index contributed by atoms with van der Waals surface area (Å²) in [5.41, 5.74) is 4.11. The third-order valence-electron chi connectivity index (χ3n) is 4.82. The van der Waals surface area contributed by atoms with Gasteiger partial charge in [0, 0.05) is 28.6 Å². The number of rotatable bonds is 3. The predicted molar refractivity (Wildman–Crippen MR) is 118 cm³/mol. The zero-order valence-electron chi connectivity index (χ0n) is 14.7. The van der Waals surface area contributed by atoms with Crippen molar-refractivity contribution >= 4 is 57.0 Å². The van der Waals surface area contributed by atoms with Crippen LogP contribution in [0, 0.1) is 0 Å². The summed E-state index contributed by atoms with van der Waals surface area (Å²) in [5, 5.41) is 11.8. The number of aromatic nitrogens is 3. The summed E-state index contributed by atoms with van der Waals surface area (Å²) >= 11 is 12.3. The van der Waals surface area contributed by atoms with Crippen molar-refractivity contribution < 1.29 is 0 Å². The van der Waals surface area contributed by atoms with Crippen molar-refractivity contribution in [3.63, 3.8) is 0 Å². The molecule has 0 bridgehead atoms. The molecule has 28 heavy (non-hydrogen) atoms. The van der Waals surface area contributed by atoms with Crippen LogP contribution in [0.15, 0.2) is 73.1 Å². The molecule has 0 aliphatic carbocycles. The van der Waals surface area contributed by atoms with Crippen LogP contribution >= 0.6 is 23.2 Å². The normalized spacial score (nSPS) is 11.8. The number of benzene rings is 3. The number of fused-ring (bicyclic) bond motifs is 2. The van der Waals surface area contributed by atoms with E-state index in [1.165, 1.54) is 0 Å². The Morgan fingerprint density at radius 1 is 0.821 bits per heavy atom. The van der Waals surface area contributed by atoms with Crippen molar-refractivity contribution in [2.45, 2.75) is 0 Å². The molecule has 3 nitrogen and oxygen atoms in total. The van der Waals surface area contributed by atoms with Crippen molar-refractivity contribution in [2.75, 3.05) is 0 Å². The summed E-state index contributed by atoms with van der Waals surface area (Å²) in [5.74, 6) is 0. The number of hydrogen-bond acceptors (Lipinski definition) is 1. The van der Waals surface area contributed by atoms with Crippen molar-refractivity contribution in [1.29, 1.82) is 0 Å². The highest BCUT2D eigenvalue weighted by atomic mass is 35.5. The van der Waals surface area contributed by atoms with Gasteiger partial charge in [-0.05, 0) is 35.9 Å². The fraction of sp³-hybridized carbons (Fsp3) is 0. The van der Waals surface area contributed by atoms with E-state index >= 15 is 0 Å². The molecule has 1 N–H and O–H groups in total. The molecule has 5 rings (SSSR count). The van der Waals surface area contributed by atoms with Crippen molar-refractivity contribution in [2.24, 2.45) is 0 Å². The predicted octanol–water partition coefficient (Wildman–Crippen LogP) is 6.98. The summed E-state index contributed by atoms with van der Waals surface area (Å²) in [6.45, 7) is 0. The van der Waals surface area contributed by atoms with Gasteiger partial charge >= 0.3 is 0 Å². The van der Waals surface area contributed by atoms with Gasteiger partial charge in [-0.15, -0.1) is 0 Å². The van der Waals surface area contributed by atoms with Crippen LogP contribution in [0.5, 0.6) is 0 Å². The second-order valence-electron chi connectivity index (χ2n) is 6.61. The summed E-state index contributed by atoms with van der Waals surface area (Å²) < 4.78 is 2.10. The number of halogens is 2. The smallest absolute Gasteiger partial charge is 0.0927 e. The number of nitrogens with one attached hydrogen (secondary N) is 1.